The highest BCUT2D eigenvalue weighted by Gasteiger charge is 2.25. The summed E-state index contributed by atoms with van der Waals surface area (Å²) in [6, 6.07) is 14.9. The summed E-state index contributed by atoms with van der Waals surface area (Å²) in [5.41, 5.74) is 4.11. The number of oxazole rings is 1. The Morgan fingerprint density at radius 1 is 1.29 bits per heavy atom. The molecule has 2 N–H and O–H groups in total. The van der Waals surface area contributed by atoms with Crippen molar-refractivity contribution < 1.29 is 18.7 Å². The molecule has 1 aromatic heterocycles. The van der Waals surface area contributed by atoms with Crippen LogP contribution in [0.2, 0.25) is 0 Å². The number of aromatic nitrogens is 1. The van der Waals surface area contributed by atoms with E-state index in [0.29, 0.717) is 25.2 Å². The summed E-state index contributed by atoms with van der Waals surface area (Å²) >= 11 is 0. The van der Waals surface area contributed by atoms with Crippen LogP contribution in [-0.2, 0) is 27.7 Å². The molecule has 178 valence electrons. The molecule has 1 amide bonds. The smallest absolute Gasteiger partial charge is 0.408 e. The Kier molecular flexibility index (Phi) is 7.43. The van der Waals surface area contributed by atoms with Gasteiger partial charge in [-0.15, -0.1) is 0 Å². The first kappa shape index (κ1) is 23.7. The first-order valence-corrected chi connectivity index (χ1v) is 11.2. The van der Waals surface area contributed by atoms with Crippen LogP contribution in [0.15, 0.2) is 51.7 Å². The van der Waals surface area contributed by atoms with E-state index in [2.05, 4.69) is 16.7 Å². The number of carbonyl (C=O) groups excluding carboxylic acids is 1. The molecule has 2 heterocycles. The summed E-state index contributed by atoms with van der Waals surface area (Å²) < 4.78 is 17.7. The molecule has 0 spiro atoms. The second-order valence-corrected chi connectivity index (χ2v) is 8.37. The first-order chi connectivity index (χ1) is 16.5. The van der Waals surface area contributed by atoms with Crippen LogP contribution < -0.4 is 16.4 Å². The van der Waals surface area contributed by atoms with Gasteiger partial charge in [0.1, 0.15) is 12.1 Å². The fourth-order valence-electron chi connectivity index (χ4n) is 3.99. The predicted octanol–water partition coefficient (Wildman–Crippen LogP) is 1.74. The Hall–Kier alpha value is -3.45. The van der Waals surface area contributed by atoms with Gasteiger partial charge in [0.05, 0.1) is 24.3 Å². The average molecular weight is 465 g/mol. The monoisotopic (exact) mass is 464 g/mol. The van der Waals surface area contributed by atoms with E-state index in [1.165, 1.54) is 4.57 Å². The standard InChI is InChI=1S/C25H28N4O5/c1-29-21-12-18(7-8-22(21)34-25(29)31)17-5-3-16(4-6-17)11-19(13-26)28-24(30)23-14-27-10-9-20(32-2)15-33-23/h3-8,12,19-20,23,27H,9-11,14-15H2,1-2H3,(H,28,30). The summed E-state index contributed by atoms with van der Waals surface area (Å²) in [7, 11) is 3.30. The Morgan fingerprint density at radius 2 is 2.06 bits per heavy atom. The molecule has 1 saturated heterocycles. The normalized spacial score (nSPS) is 19.7. The van der Waals surface area contributed by atoms with E-state index in [0.717, 1.165) is 35.2 Å². The number of ether oxygens (including phenoxy) is 2. The quantitative estimate of drug-likeness (QED) is 0.570. The third kappa shape index (κ3) is 5.37. The van der Waals surface area contributed by atoms with E-state index in [9.17, 15) is 14.9 Å². The van der Waals surface area contributed by atoms with Crippen LogP contribution in [0.5, 0.6) is 0 Å². The van der Waals surface area contributed by atoms with Gasteiger partial charge in [0.2, 0.25) is 0 Å². The number of rotatable bonds is 6. The molecule has 4 rings (SSSR count). The summed E-state index contributed by atoms with van der Waals surface area (Å²) in [5, 5.41) is 15.6. The van der Waals surface area contributed by atoms with Gasteiger partial charge in [-0.1, -0.05) is 30.3 Å². The van der Waals surface area contributed by atoms with E-state index < -0.39 is 17.9 Å². The summed E-state index contributed by atoms with van der Waals surface area (Å²) in [5.74, 6) is -0.711. The average Bonchev–Trinajstić information content (AvgIpc) is 3.12. The molecule has 3 atom stereocenters. The van der Waals surface area contributed by atoms with Crippen LogP contribution in [0.3, 0.4) is 0 Å². The number of aryl methyl sites for hydroxylation is 1. The molecule has 3 unspecified atom stereocenters. The number of hydrogen-bond acceptors (Lipinski definition) is 7. The number of amides is 1. The van der Waals surface area contributed by atoms with Crippen molar-refractivity contribution >= 4 is 17.0 Å². The lowest BCUT2D eigenvalue weighted by molar-refractivity contribution is -0.136. The SMILES string of the molecule is COC1CCNCC(C(=O)NC(C#N)Cc2ccc(-c3ccc4oc(=O)n(C)c4c3)cc2)OC1. The minimum absolute atomic E-state index is 0.0625. The molecular formula is C25H28N4O5. The predicted molar refractivity (Wildman–Crippen MR) is 126 cm³/mol. The summed E-state index contributed by atoms with van der Waals surface area (Å²) in [4.78, 5) is 24.4. The van der Waals surface area contributed by atoms with Gasteiger partial charge in [0, 0.05) is 27.1 Å². The minimum Gasteiger partial charge on any atom is -0.408 e. The third-order valence-corrected chi connectivity index (χ3v) is 6.07. The molecule has 34 heavy (non-hydrogen) atoms. The van der Waals surface area contributed by atoms with Gasteiger partial charge in [-0.25, -0.2) is 4.79 Å². The molecule has 3 aromatic rings. The zero-order chi connectivity index (χ0) is 24.1. The maximum Gasteiger partial charge on any atom is 0.419 e. The number of benzene rings is 2. The number of methoxy groups -OCH3 is 1. The molecule has 9 heteroatoms. The number of nitrogens with zero attached hydrogens (tertiary/aromatic N) is 2. The molecule has 0 bridgehead atoms. The topological polar surface area (TPSA) is 119 Å². The third-order valence-electron chi connectivity index (χ3n) is 6.07. The van der Waals surface area contributed by atoms with Crippen molar-refractivity contribution in [1.82, 2.24) is 15.2 Å². The Bertz CT molecular complexity index is 1240. The van der Waals surface area contributed by atoms with Crippen molar-refractivity contribution in [3.63, 3.8) is 0 Å². The van der Waals surface area contributed by atoms with Crippen LogP contribution in [0.4, 0.5) is 0 Å². The lowest BCUT2D eigenvalue weighted by atomic mass is 10.0. The van der Waals surface area contributed by atoms with Gasteiger partial charge in [-0.2, -0.15) is 5.26 Å². The molecule has 0 radical (unpaired) electrons. The maximum atomic E-state index is 12.7. The van der Waals surface area contributed by atoms with E-state index in [1.807, 2.05) is 36.4 Å². The first-order valence-electron chi connectivity index (χ1n) is 11.2. The van der Waals surface area contributed by atoms with Crippen molar-refractivity contribution in [1.29, 1.82) is 5.26 Å². The van der Waals surface area contributed by atoms with Gasteiger partial charge < -0.3 is 24.5 Å². The second-order valence-electron chi connectivity index (χ2n) is 8.37. The van der Waals surface area contributed by atoms with Gasteiger partial charge in [-0.3, -0.25) is 9.36 Å². The largest absolute Gasteiger partial charge is 0.419 e. The van der Waals surface area contributed by atoms with Crippen molar-refractivity contribution in [2.75, 3.05) is 26.8 Å². The highest BCUT2D eigenvalue weighted by molar-refractivity contribution is 5.82. The minimum atomic E-state index is -0.678. The molecule has 2 aromatic carbocycles. The van der Waals surface area contributed by atoms with E-state index in [4.69, 9.17) is 13.9 Å². The van der Waals surface area contributed by atoms with Crippen LogP contribution in [0.1, 0.15) is 12.0 Å². The number of hydrogen-bond donors (Lipinski definition) is 2. The molecule has 1 aliphatic rings. The zero-order valence-electron chi connectivity index (χ0n) is 19.2. The molecule has 9 nitrogen and oxygen atoms in total. The van der Waals surface area contributed by atoms with Gasteiger partial charge in [0.15, 0.2) is 5.58 Å². The second kappa shape index (κ2) is 10.7. The lowest BCUT2D eigenvalue weighted by Gasteiger charge is -2.25. The zero-order valence-corrected chi connectivity index (χ0v) is 19.2. The fourth-order valence-corrected chi connectivity index (χ4v) is 3.99. The van der Waals surface area contributed by atoms with E-state index in [-0.39, 0.29) is 12.0 Å². The van der Waals surface area contributed by atoms with Crippen LogP contribution in [0, 0.1) is 11.3 Å². The molecule has 0 aliphatic carbocycles. The summed E-state index contributed by atoms with van der Waals surface area (Å²) in [6.07, 6.45) is 0.450. The lowest BCUT2D eigenvalue weighted by Crippen LogP contribution is -2.49. The maximum absolute atomic E-state index is 12.7. The van der Waals surface area contributed by atoms with Crippen LogP contribution >= 0.6 is 0 Å². The highest BCUT2D eigenvalue weighted by atomic mass is 16.5. The number of carbonyl (C=O) groups is 1. The highest BCUT2D eigenvalue weighted by Crippen LogP contribution is 2.24. The summed E-state index contributed by atoms with van der Waals surface area (Å²) in [6.45, 7) is 1.47. The van der Waals surface area contributed by atoms with Gasteiger partial charge >= 0.3 is 5.76 Å². The Labute approximate surface area is 197 Å². The fraction of sp³-hybridized carbons (Fsp3) is 0.400. The molecule has 0 saturated carbocycles. The van der Waals surface area contributed by atoms with E-state index in [1.54, 1.807) is 20.2 Å². The molecule has 1 aliphatic heterocycles. The number of nitriles is 1. The van der Waals surface area contributed by atoms with E-state index >= 15 is 0 Å². The Balaban J connectivity index is 1.40. The van der Waals surface area contributed by atoms with Crippen molar-refractivity contribution in [2.24, 2.45) is 7.05 Å². The van der Waals surface area contributed by atoms with Gasteiger partial charge in [-0.05, 0) is 41.8 Å². The van der Waals surface area contributed by atoms with Gasteiger partial charge in [0.25, 0.3) is 5.91 Å². The van der Waals surface area contributed by atoms with Crippen LogP contribution in [0.25, 0.3) is 22.2 Å². The van der Waals surface area contributed by atoms with Crippen LogP contribution in [-0.4, -0.2) is 55.5 Å². The molecular weight excluding hydrogens is 436 g/mol. The van der Waals surface area contributed by atoms with Crippen molar-refractivity contribution in [3.05, 3.63) is 58.6 Å². The van der Waals surface area contributed by atoms with Crippen molar-refractivity contribution in [2.45, 2.75) is 31.1 Å². The van der Waals surface area contributed by atoms with Crippen molar-refractivity contribution in [3.8, 4) is 17.2 Å². The number of nitrogens with one attached hydrogen (secondary N) is 2. The Morgan fingerprint density at radius 3 is 2.79 bits per heavy atom. The molecule has 1 fully saturated rings. The number of fused-ring (bicyclic) bond motifs is 1.